The summed E-state index contributed by atoms with van der Waals surface area (Å²) in [5.74, 6) is 0.302. The molecule has 1 aliphatic heterocycles. The van der Waals surface area contributed by atoms with Gasteiger partial charge in [-0.15, -0.1) is 0 Å². The highest BCUT2D eigenvalue weighted by atomic mass is 35.5. The minimum absolute atomic E-state index is 0.0225. The van der Waals surface area contributed by atoms with Gasteiger partial charge in [-0.2, -0.15) is 0 Å². The Morgan fingerprint density at radius 3 is 2.62 bits per heavy atom. The largest absolute Gasteiger partial charge is 0.393 e. The van der Waals surface area contributed by atoms with Crippen LogP contribution in [0, 0.1) is 5.92 Å². The van der Waals surface area contributed by atoms with Crippen LogP contribution in [0.2, 0.25) is 5.02 Å². The molecule has 1 saturated carbocycles. The lowest BCUT2D eigenvalue weighted by Gasteiger charge is -2.40. The van der Waals surface area contributed by atoms with Crippen molar-refractivity contribution in [2.75, 3.05) is 6.54 Å². The highest BCUT2D eigenvalue weighted by Gasteiger charge is 2.35. The van der Waals surface area contributed by atoms with Crippen molar-refractivity contribution >= 4 is 28.3 Å². The van der Waals surface area contributed by atoms with E-state index in [0.29, 0.717) is 12.5 Å². The molecule has 138 valence electrons. The molecule has 1 unspecified atom stereocenters. The predicted molar refractivity (Wildman–Crippen MR) is 105 cm³/mol. The number of nitrogens with zero attached hydrogens (tertiary/aromatic N) is 1. The van der Waals surface area contributed by atoms with Crippen molar-refractivity contribution in [2.45, 2.75) is 57.1 Å². The number of aliphatic hydroxyl groups is 1. The van der Waals surface area contributed by atoms with Crippen LogP contribution in [-0.4, -0.2) is 34.6 Å². The maximum absolute atomic E-state index is 13.1. The molecule has 2 aromatic carbocycles. The number of hydrogen-bond donors (Lipinski definition) is 1. The lowest BCUT2D eigenvalue weighted by atomic mass is 9.86. The van der Waals surface area contributed by atoms with Gasteiger partial charge in [0.15, 0.2) is 0 Å². The van der Waals surface area contributed by atoms with Gasteiger partial charge in [-0.1, -0.05) is 48.0 Å². The van der Waals surface area contributed by atoms with Crippen molar-refractivity contribution in [1.82, 2.24) is 4.90 Å². The van der Waals surface area contributed by atoms with E-state index in [9.17, 15) is 9.90 Å². The lowest BCUT2D eigenvalue weighted by molar-refractivity contribution is -0.142. The number of benzene rings is 2. The van der Waals surface area contributed by atoms with E-state index < -0.39 is 0 Å². The molecule has 1 N–H and O–H groups in total. The zero-order chi connectivity index (χ0) is 18.1. The van der Waals surface area contributed by atoms with Gasteiger partial charge < -0.3 is 10.0 Å². The van der Waals surface area contributed by atoms with E-state index in [1.54, 1.807) is 0 Å². The minimum Gasteiger partial charge on any atom is -0.393 e. The fourth-order valence-corrected chi connectivity index (χ4v) is 4.91. The number of fused-ring (bicyclic) bond motifs is 1. The fourth-order valence-electron chi connectivity index (χ4n) is 4.60. The van der Waals surface area contributed by atoms with E-state index in [2.05, 4.69) is 23.1 Å². The van der Waals surface area contributed by atoms with E-state index in [0.717, 1.165) is 66.4 Å². The molecule has 3 nitrogen and oxygen atoms in total. The number of hydrogen-bond acceptors (Lipinski definition) is 2. The summed E-state index contributed by atoms with van der Waals surface area (Å²) in [5.41, 5.74) is 1.07. The van der Waals surface area contributed by atoms with Gasteiger partial charge in [-0.05, 0) is 55.9 Å². The molecule has 1 heterocycles. The van der Waals surface area contributed by atoms with Crippen LogP contribution in [0.1, 0.15) is 44.1 Å². The zero-order valence-electron chi connectivity index (χ0n) is 15.0. The number of carbonyl (C=O) groups is 1. The smallest absolute Gasteiger partial charge is 0.226 e. The monoisotopic (exact) mass is 371 g/mol. The molecule has 0 radical (unpaired) electrons. The van der Waals surface area contributed by atoms with Gasteiger partial charge >= 0.3 is 0 Å². The molecule has 0 aromatic heterocycles. The van der Waals surface area contributed by atoms with Crippen LogP contribution in [0.3, 0.4) is 0 Å². The Hall–Kier alpha value is -1.58. The van der Waals surface area contributed by atoms with Crippen LogP contribution >= 0.6 is 11.6 Å². The van der Waals surface area contributed by atoms with Crippen LogP contribution in [0.25, 0.3) is 10.8 Å². The molecule has 1 amide bonds. The lowest BCUT2D eigenvalue weighted by Crippen LogP contribution is -2.49. The number of halogens is 1. The van der Waals surface area contributed by atoms with Gasteiger partial charge in [0, 0.05) is 23.9 Å². The summed E-state index contributed by atoms with van der Waals surface area (Å²) in [6.07, 6.45) is 6.01. The second-order valence-electron chi connectivity index (χ2n) is 7.80. The van der Waals surface area contributed by atoms with E-state index in [-0.39, 0.29) is 17.9 Å². The third-order valence-corrected chi connectivity index (χ3v) is 6.55. The van der Waals surface area contributed by atoms with E-state index in [1.165, 1.54) is 0 Å². The summed E-state index contributed by atoms with van der Waals surface area (Å²) < 4.78 is 0. The molecule has 4 heteroatoms. The Bertz CT molecular complexity index is 798. The Morgan fingerprint density at radius 1 is 1.04 bits per heavy atom. The minimum atomic E-state index is -0.182. The SMILES string of the molecule is O=C1C(Cc2ccc3ccccc3c2Cl)CCCN1C1CCC(O)CC1. The van der Waals surface area contributed by atoms with Crippen LogP contribution in [0.15, 0.2) is 36.4 Å². The van der Waals surface area contributed by atoms with Gasteiger partial charge in [0.2, 0.25) is 5.91 Å². The van der Waals surface area contributed by atoms with Crippen LogP contribution in [0.4, 0.5) is 0 Å². The number of likely N-dealkylation sites (tertiary alicyclic amines) is 1. The van der Waals surface area contributed by atoms with Crippen molar-refractivity contribution in [3.8, 4) is 0 Å². The molecule has 1 saturated heterocycles. The van der Waals surface area contributed by atoms with Crippen LogP contribution in [-0.2, 0) is 11.2 Å². The Morgan fingerprint density at radius 2 is 1.81 bits per heavy atom. The van der Waals surface area contributed by atoms with Crippen molar-refractivity contribution in [1.29, 1.82) is 0 Å². The maximum atomic E-state index is 13.1. The summed E-state index contributed by atoms with van der Waals surface area (Å²) >= 11 is 6.66. The molecule has 2 fully saturated rings. The Labute approximate surface area is 159 Å². The van der Waals surface area contributed by atoms with Gasteiger partial charge in [0.1, 0.15) is 0 Å². The number of carbonyl (C=O) groups excluding carboxylic acids is 1. The predicted octanol–water partition coefficient (Wildman–Crippen LogP) is 4.58. The first kappa shape index (κ1) is 17.8. The van der Waals surface area contributed by atoms with Gasteiger partial charge in [0.25, 0.3) is 0 Å². The summed E-state index contributed by atoms with van der Waals surface area (Å²) in [7, 11) is 0. The maximum Gasteiger partial charge on any atom is 0.226 e. The van der Waals surface area contributed by atoms with Crippen molar-refractivity contribution in [3.63, 3.8) is 0 Å². The zero-order valence-corrected chi connectivity index (χ0v) is 15.8. The fraction of sp³-hybridized carbons (Fsp3) is 0.500. The summed E-state index contributed by atoms with van der Waals surface area (Å²) in [6, 6.07) is 12.6. The number of aliphatic hydroxyl groups excluding tert-OH is 1. The standard InChI is InChI=1S/C22H26ClNO2/c23-21-16(8-7-15-4-1-2-6-20(15)21)14-17-5-3-13-24(22(17)26)18-9-11-19(25)12-10-18/h1-2,4,6-8,17-19,25H,3,5,9-14H2. The van der Waals surface area contributed by atoms with Crippen molar-refractivity contribution < 1.29 is 9.90 Å². The first-order valence-corrected chi connectivity index (χ1v) is 10.2. The second kappa shape index (κ2) is 7.58. The summed E-state index contributed by atoms with van der Waals surface area (Å²) in [4.78, 5) is 15.2. The first-order valence-electron chi connectivity index (χ1n) is 9.78. The van der Waals surface area contributed by atoms with Crippen LogP contribution < -0.4 is 0 Å². The van der Waals surface area contributed by atoms with Gasteiger partial charge in [0.05, 0.1) is 11.1 Å². The first-order chi connectivity index (χ1) is 12.6. The summed E-state index contributed by atoms with van der Waals surface area (Å²) in [6.45, 7) is 0.863. The van der Waals surface area contributed by atoms with Crippen molar-refractivity contribution in [3.05, 3.63) is 47.0 Å². The Balaban J connectivity index is 1.51. The second-order valence-corrected chi connectivity index (χ2v) is 8.18. The van der Waals surface area contributed by atoms with E-state index >= 15 is 0 Å². The van der Waals surface area contributed by atoms with Gasteiger partial charge in [-0.25, -0.2) is 0 Å². The number of rotatable bonds is 3. The van der Waals surface area contributed by atoms with Gasteiger partial charge in [-0.3, -0.25) is 4.79 Å². The third kappa shape index (κ3) is 3.47. The quantitative estimate of drug-likeness (QED) is 0.858. The number of piperidine rings is 1. The molecule has 2 aromatic rings. The molecule has 2 aliphatic rings. The molecule has 1 aliphatic carbocycles. The molecule has 1 atom stereocenters. The third-order valence-electron chi connectivity index (χ3n) is 6.10. The summed E-state index contributed by atoms with van der Waals surface area (Å²) in [5, 5.41) is 12.7. The molecule has 4 rings (SSSR count). The normalized spacial score (nSPS) is 27.1. The topological polar surface area (TPSA) is 40.5 Å². The molecule has 0 spiro atoms. The van der Waals surface area contributed by atoms with Crippen molar-refractivity contribution in [2.24, 2.45) is 5.92 Å². The molecular weight excluding hydrogens is 346 g/mol. The average molecular weight is 372 g/mol. The molecule has 26 heavy (non-hydrogen) atoms. The number of amides is 1. The Kier molecular flexibility index (Phi) is 5.19. The van der Waals surface area contributed by atoms with Crippen LogP contribution in [0.5, 0.6) is 0 Å². The molecule has 0 bridgehead atoms. The van der Waals surface area contributed by atoms with E-state index in [1.807, 2.05) is 18.2 Å². The highest BCUT2D eigenvalue weighted by molar-refractivity contribution is 6.36. The molecular formula is C22H26ClNO2. The highest BCUT2D eigenvalue weighted by Crippen LogP contribution is 2.33. The van der Waals surface area contributed by atoms with E-state index in [4.69, 9.17) is 11.6 Å². The average Bonchev–Trinajstić information content (AvgIpc) is 2.66.